The van der Waals surface area contributed by atoms with Crippen LogP contribution < -0.4 is 4.74 Å². The molecule has 0 unspecified atom stereocenters. The zero-order chi connectivity index (χ0) is 14.8. The summed E-state index contributed by atoms with van der Waals surface area (Å²) in [6, 6.07) is 7.07. The molecule has 0 amide bonds. The Hall–Kier alpha value is -1.52. The van der Waals surface area contributed by atoms with Crippen LogP contribution in [0.3, 0.4) is 0 Å². The van der Waals surface area contributed by atoms with Gasteiger partial charge in [-0.15, -0.1) is 0 Å². The molecule has 1 heterocycles. The highest BCUT2D eigenvalue weighted by molar-refractivity contribution is 6.30. The number of hydrogen-bond acceptors (Lipinski definition) is 3. The number of hydrogen-bond donors (Lipinski definition) is 1. The Bertz CT molecular complexity index is 532. The molecule has 5 heteroatoms. The predicted octanol–water partition coefficient (Wildman–Crippen LogP) is 3.52. The molecule has 0 saturated heterocycles. The Morgan fingerprint density at radius 2 is 1.90 bits per heavy atom. The highest BCUT2D eigenvalue weighted by atomic mass is 35.5. The van der Waals surface area contributed by atoms with Crippen LogP contribution in [0.15, 0.2) is 43.0 Å². The lowest BCUT2D eigenvalue weighted by Gasteiger charge is -2.33. The van der Waals surface area contributed by atoms with E-state index in [1.807, 2.05) is 20.8 Å². The maximum absolute atomic E-state index is 10.5. The molecule has 20 heavy (non-hydrogen) atoms. The lowest BCUT2D eigenvalue weighted by atomic mass is 9.88. The number of aromatic nitrogens is 2. The fraction of sp³-hybridized carbons (Fsp3) is 0.400. The molecular formula is C15H19ClN2O2. The van der Waals surface area contributed by atoms with Crippen LogP contribution >= 0.6 is 11.6 Å². The lowest BCUT2D eigenvalue weighted by molar-refractivity contribution is -0.0674. The summed E-state index contributed by atoms with van der Waals surface area (Å²) in [6.07, 6.45) is 3.84. The quantitative estimate of drug-likeness (QED) is 0.938. The molecule has 1 aromatic heterocycles. The third-order valence-electron chi connectivity index (χ3n) is 3.05. The van der Waals surface area contributed by atoms with E-state index in [2.05, 4.69) is 4.98 Å². The average molecular weight is 295 g/mol. The molecule has 2 aromatic rings. The summed E-state index contributed by atoms with van der Waals surface area (Å²) >= 11 is 5.86. The van der Waals surface area contributed by atoms with Gasteiger partial charge in [0.2, 0.25) is 6.23 Å². The Labute approximate surface area is 124 Å². The summed E-state index contributed by atoms with van der Waals surface area (Å²) in [6.45, 7) is 5.90. The number of aliphatic hydroxyl groups is 1. The zero-order valence-corrected chi connectivity index (χ0v) is 12.6. The van der Waals surface area contributed by atoms with Gasteiger partial charge in [0.25, 0.3) is 0 Å². The van der Waals surface area contributed by atoms with E-state index in [1.165, 1.54) is 0 Å². The van der Waals surface area contributed by atoms with Crippen molar-refractivity contribution in [2.75, 3.05) is 0 Å². The summed E-state index contributed by atoms with van der Waals surface area (Å²) in [5.41, 5.74) is -0.318. The fourth-order valence-electron chi connectivity index (χ4n) is 1.79. The second-order valence-corrected chi connectivity index (χ2v) is 6.22. The van der Waals surface area contributed by atoms with E-state index in [0.29, 0.717) is 10.8 Å². The van der Waals surface area contributed by atoms with Crippen LogP contribution in [0.4, 0.5) is 0 Å². The summed E-state index contributed by atoms with van der Waals surface area (Å²) in [4.78, 5) is 4.01. The topological polar surface area (TPSA) is 47.3 Å². The summed E-state index contributed by atoms with van der Waals surface area (Å²) in [5, 5.41) is 11.2. The highest BCUT2D eigenvalue weighted by Gasteiger charge is 2.33. The van der Waals surface area contributed by atoms with Crippen LogP contribution in [0.2, 0.25) is 5.02 Å². The van der Waals surface area contributed by atoms with E-state index in [1.54, 1.807) is 47.6 Å². The maximum Gasteiger partial charge on any atom is 0.203 e. The van der Waals surface area contributed by atoms with E-state index in [9.17, 15) is 5.11 Å². The van der Waals surface area contributed by atoms with Gasteiger partial charge in [0, 0.05) is 17.4 Å². The standard InChI is InChI=1S/C15H19ClN2O2/c1-15(2,3)13(19)14(18-9-8-17-10-18)20-12-6-4-11(16)5-7-12/h4-10,13-14,19H,1-3H3/t13-,14+/m0/s1. The van der Waals surface area contributed by atoms with Gasteiger partial charge in [0.1, 0.15) is 11.9 Å². The number of aliphatic hydroxyl groups excluding tert-OH is 1. The van der Waals surface area contributed by atoms with E-state index in [0.717, 1.165) is 0 Å². The molecule has 4 nitrogen and oxygen atoms in total. The van der Waals surface area contributed by atoms with Crippen molar-refractivity contribution in [3.63, 3.8) is 0 Å². The Morgan fingerprint density at radius 1 is 1.25 bits per heavy atom. The summed E-state index contributed by atoms with van der Waals surface area (Å²) < 4.78 is 7.67. The predicted molar refractivity (Wildman–Crippen MR) is 78.8 cm³/mol. The van der Waals surface area contributed by atoms with Crippen LogP contribution in [0.25, 0.3) is 0 Å². The number of halogens is 1. The van der Waals surface area contributed by atoms with Gasteiger partial charge in [0.05, 0.1) is 6.33 Å². The van der Waals surface area contributed by atoms with Gasteiger partial charge in [-0.05, 0) is 29.7 Å². The van der Waals surface area contributed by atoms with Crippen LogP contribution in [-0.2, 0) is 0 Å². The molecule has 2 rings (SSSR count). The second-order valence-electron chi connectivity index (χ2n) is 5.78. The van der Waals surface area contributed by atoms with Crippen LogP contribution in [-0.4, -0.2) is 20.8 Å². The molecule has 108 valence electrons. The molecule has 0 bridgehead atoms. The van der Waals surface area contributed by atoms with Crippen molar-refractivity contribution in [2.24, 2.45) is 5.41 Å². The maximum atomic E-state index is 10.5. The monoisotopic (exact) mass is 294 g/mol. The fourth-order valence-corrected chi connectivity index (χ4v) is 1.91. The number of nitrogens with zero attached hydrogens (tertiary/aromatic N) is 2. The van der Waals surface area contributed by atoms with Crippen molar-refractivity contribution >= 4 is 11.6 Å². The molecule has 1 aromatic carbocycles. The molecule has 0 aliphatic carbocycles. The van der Waals surface area contributed by atoms with Gasteiger partial charge in [-0.2, -0.15) is 0 Å². The third kappa shape index (κ3) is 3.52. The van der Waals surface area contributed by atoms with Gasteiger partial charge in [0.15, 0.2) is 0 Å². The van der Waals surface area contributed by atoms with Crippen molar-refractivity contribution in [3.05, 3.63) is 48.0 Å². The molecule has 0 spiro atoms. The van der Waals surface area contributed by atoms with Crippen molar-refractivity contribution in [3.8, 4) is 5.75 Å². The first-order chi connectivity index (χ1) is 9.38. The molecule has 0 saturated carbocycles. The Kier molecular flexibility index (Phi) is 4.35. The number of ether oxygens (including phenoxy) is 1. The van der Waals surface area contributed by atoms with Crippen molar-refractivity contribution in [2.45, 2.75) is 33.1 Å². The number of benzene rings is 1. The number of rotatable bonds is 4. The Morgan fingerprint density at radius 3 is 2.40 bits per heavy atom. The van der Waals surface area contributed by atoms with E-state index >= 15 is 0 Å². The van der Waals surface area contributed by atoms with Gasteiger partial charge >= 0.3 is 0 Å². The van der Waals surface area contributed by atoms with E-state index in [-0.39, 0.29) is 5.41 Å². The smallest absolute Gasteiger partial charge is 0.203 e. The SMILES string of the molecule is CC(C)(C)[C@@H](O)[C@@H](Oc1ccc(Cl)cc1)n1ccnc1. The normalized spacial score (nSPS) is 14.8. The van der Waals surface area contributed by atoms with Crippen molar-refractivity contribution < 1.29 is 9.84 Å². The van der Waals surface area contributed by atoms with Gasteiger partial charge in [-0.3, -0.25) is 4.57 Å². The summed E-state index contributed by atoms with van der Waals surface area (Å²) in [5.74, 6) is 0.649. The second kappa shape index (κ2) is 5.85. The molecule has 0 radical (unpaired) electrons. The Balaban J connectivity index is 2.26. The third-order valence-corrected chi connectivity index (χ3v) is 3.30. The van der Waals surface area contributed by atoms with Gasteiger partial charge < -0.3 is 9.84 Å². The largest absolute Gasteiger partial charge is 0.467 e. The first kappa shape index (κ1) is 14.9. The first-order valence-electron chi connectivity index (χ1n) is 6.45. The molecule has 0 aliphatic heterocycles. The highest BCUT2D eigenvalue weighted by Crippen LogP contribution is 2.30. The molecule has 1 N–H and O–H groups in total. The summed E-state index contributed by atoms with van der Waals surface area (Å²) in [7, 11) is 0. The minimum atomic E-state index is -0.688. The van der Waals surface area contributed by atoms with Crippen molar-refractivity contribution in [1.29, 1.82) is 0 Å². The van der Waals surface area contributed by atoms with Gasteiger partial charge in [-0.25, -0.2) is 4.98 Å². The average Bonchev–Trinajstić information content (AvgIpc) is 2.90. The first-order valence-corrected chi connectivity index (χ1v) is 6.83. The van der Waals surface area contributed by atoms with Crippen LogP contribution in [0.5, 0.6) is 5.75 Å². The minimum absolute atomic E-state index is 0.318. The van der Waals surface area contributed by atoms with E-state index < -0.39 is 12.3 Å². The van der Waals surface area contributed by atoms with Crippen molar-refractivity contribution in [1.82, 2.24) is 9.55 Å². The molecule has 0 aliphatic rings. The molecule has 2 atom stereocenters. The molecular weight excluding hydrogens is 276 g/mol. The van der Waals surface area contributed by atoms with Gasteiger partial charge in [-0.1, -0.05) is 32.4 Å². The minimum Gasteiger partial charge on any atom is -0.467 e. The number of imidazole rings is 1. The van der Waals surface area contributed by atoms with Crippen LogP contribution in [0.1, 0.15) is 27.0 Å². The van der Waals surface area contributed by atoms with E-state index in [4.69, 9.17) is 16.3 Å². The molecule has 0 fully saturated rings. The van der Waals surface area contributed by atoms with Crippen LogP contribution in [0, 0.1) is 5.41 Å². The lowest BCUT2D eigenvalue weighted by Crippen LogP contribution is -2.38. The zero-order valence-electron chi connectivity index (χ0n) is 11.8.